The van der Waals surface area contributed by atoms with Crippen molar-refractivity contribution >= 4 is 39.2 Å². The molecule has 3 amide bonds. The van der Waals surface area contributed by atoms with Gasteiger partial charge >= 0.3 is 6.03 Å². The lowest BCUT2D eigenvalue weighted by atomic mass is 9.97. The van der Waals surface area contributed by atoms with Gasteiger partial charge in [0, 0.05) is 26.2 Å². The Bertz CT molecular complexity index is 1290. The van der Waals surface area contributed by atoms with Crippen LogP contribution in [0.25, 0.3) is 0 Å². The van der Waals surface area contributed by atoms with Crippen molar-refractivity contribution in [2.45, 2.75) is 63.6 Å². The Labute approximate surface area is 248 Å². The van der Waals surface area contributed by atoms with Crippen LogP contribution in [0, 0.1) is 11.8 Å². The first-order chi connectivity index (χ1) is 19.3. The number of nitrogens with one attached hydrogen (secondary N) is 2. The molecule has 1 aliphatic heterocycles. The van der Waals surface area contributed by atoms with Gasteiger partial charge in [0.1, 0.15) is 6.04 Å². The van der Waals surface area contributed by atoms with Gasteiger partial charge in [0.15, 0.2) is 0 Å². The highest BCUT2D eigenvalue weighted by Crippen LogP contribution is 2.26. The monoisotopic (exact) mass is 607 g/mol. The predicted octanol–water partition coefficient (Wildman–Crippen LogP) is 3.10. The number of hydrogen-bond donors (Lipinski definition) is 4. The van der Waals surface area contributed by atoms with E-state index in [4.69, 9.17) is 17.3 Å². The zero-order valence-electron chi connectivity index (χ0n) is 24.1. The van der Waals surface area contributed by atoms with Gasteiger partial charge in [-0.25, -0.2) is 13.2 Å². The summed E-state index contributed by atoms with van der Waals surface area (Å²) in [5.74, 6) is -0.644. The molecular formula is C29H42ClN5O5S. The third-order valence-electron chi connectivity index (χ3n) is 7.00. The summed E-state index contributed by atoms with van der Waals surface area (Å²) in [6.07, 6.45) is -0.288. The van der Waals surface area contributed by atoms with Crippen molar-refractivity contribution in [2.75, 3.05) is 31.9 Å². The molecule has 3 atom stereocenters. The summed E-state index contributed by atoms with van der Waals surface area (Å²) in [6, 6.07) is 11.6. The fraction of sp³-hybridized carbons (Fsp3) is 0.517. The van der Waals surface area contributed by atoms with E-state index in [1.807, 2.05) is 58.0 Å². The molecule has 5 N–H and O–H groups in total. The predicted molar refractivity (Wildman–Crippen MR) is 161 cm³/mol. The summed E-state index contributed by atoms with van der Waals surface area (Å²) < 4.78 is 28.6. The van der Waals surface area contributed by atoms with Crippen molar-refractivity contribution in [3.8, 4) is 0 Å². The highest BCUT2D eigenvalue weighted by Gasteiger charge is 2.37. The van der Waals surface area contributed by atoms with Gasteiger partial charge < -0.3 is 26.4 Å². The number of hydrogen-bond acceptors (Lipinski definition) is 6. The molecule has 1 fully saturated rings. The minimum absolute atomic E-state index is 0.0353. The van der Waals surface area contributed by atoms with Crippen molar-refractivity contribution in [3.05, 3.63) is 59.1 Å². The summed E-state index contributed by atoms with van der Waals surface area (Å²) in [7, 11) is -4.06. The number of amides is 3. The maximum Gasteiger partial charge on any atom is 0.318 e. The van der Waals surface area contributed by atoms with Crippen LogP contribution in [0.5, 0.6) is 0 Å². The first-order valence-corrected chi connectivity index (χ1v) is 15.7. The first-order valence-electron chi connectivity index (χ1n) is 13.9. The summed E-state index contributed by atoms with van der Waals surface area (Å²) in [5, 5.41) is 17.5. The number of sulfonamides is 1. The zero-order valence-corrected chi connectivity index (χ0v) is 25.7. The number of anilines is 1. The highest BCUT2D eigenvalue weighted by molar-refractivity contribution is 7.89. The summed E-state index contributed by atoms with van der Waals surface area (Å²) >= 11 is 6.02. The SMILES string of the molecule is CC(C)CN(C[C@@H](O)[C@H](Cc1ccccc1)NC(=O)[C@H](C(C)C)N1CCCNC1=O)S(=O)(=O)c1ccc(Cl)c(N)c1. The summed E-state index contributed by atoms with van der Waals surface area (Å²) in [5.41, 5.74) is 6.88. The molecule has 10 nitrogen and oxygen atoms in total. The third kappa shape index (κ3) is 8.57. The van der Waals surface area contributed by atoms with Gasteiger partial charge in [-0.3, -0.25) is 4.79 Å². The molecule has 3 rings (SSSR count). The van der Waals surface area contributed by atoms with Crippen LogP contribution in [-0.4, -0.2) is 79.0 Å². The van der Waals surface area contributed by atoms with Gasteiger partial charge in [-0.05, 0) is 48.4 Å². The van der Waals surface area contributed by atoms with Gasteiger partial charge in [-0.2, -0.15) is 4.31 Å². The van der Waals surface area contributed by atoms with Crippen molar-refractivity contribution in [3.63, 3.8) is 0 Å². The normalized spacial score (nSPS) is 16.5. The fourth-order valence-electron chi connectivity index (χ4n) is 4.98. The Morgan fingerprint density at radius 1 is 1.15 bits per heavy atom. The van der Waals surface area contributed by atoms with E-state index in [1.54, 1.807) is 0 Å². The van der Waals surface area contributed by atoms with Crippen LogP contribution in [0.4, 0.5) is 10.5 Å². The molecular weight excluding hydrogens is 566 g/mol. The minimum atomic E-state index is -4.06. The second-order valence-corrected chi connectivity index (χ2v) is 13.6. The zero-order chi connectivity index (χ0) is 30.3. The number of carbonyl (C=O) groups excluding carboxylic acids is 2. The van der Waals surface area contributed by atoms with Crippen LogP contribution >= 0.6 is 11.6 Å². The van der Waals surface area contributed by atoms with Gasteiger partial charge in [0.2, 0.25) is 15.9 Å². The molecule has 226 valence electrons. The number of aliphatic hydroxyl groups is 1. The second-order valence-electron chi connectivity index (χ2n) is 11.2. The molecule has 0 bridgehead atoms. The molecule has 0 aliphatic carbocycles. The minimum Gasteiger partial charge on any atom is -0.397 e. The Morgan fingerprint density at radius 3 is 2.41 bits per heavy atom. The molecule has 0 aromatic heterocycles. The van der Waals surface area contributed by atoms with E-state index in [1.165, 1.54) is 27.4 Å². The topological polar surface area (TPSA) is 145 Å². The quantitative estimate of drug-likeness (QED) is 0.258. The van der Waals surface area contributed by atoms with Crippen LogP contribution < -0.4 is 16.4 Å². The maximum absolute atomic E-state index is 13.7. The van der Waals surface area contributed by atoms with E-state index < -0.39 is 34.1 Å². The Balaban J connectivity index is 1.91. The maximum atomic E-state index is 13.7. The molecule has 1 saturated heterocycles. The third-order valence-corrected chi connectivity index (χ3v) is 9.18. The number of urea groups is 1. The number of aliphatic hydroxyl groups excluding tert-OH is 1. The number of benzene rings is 2. The Kier molecular flexibility index (Phi) is 11.4. The van der Waals surface area contributed by atoms with E-state index in [0.717, 1.165) is 12.0 Å². The standard InChI is InChI=1S/C29H42ClN5O5S/c1-19(2)17-34(41(39,40)22-11-12-23(30)24(31)16-22)18-26(36)25(15-21-9-6-5-7-10-21)33-28(37)27(20(3)4)35-14-8-13-32-29(35)38/h5-7,9-12,16,19-20,25-27,36H,8,13-15,17-18,31H2,1-4H3,(H,32,38)(H,33,37)/t25-,26+,27-/m0/s1. The molecule has 0 spiro atoms. The second kappa shape index (κ2) is 14.4. The number of rotatable bonds is 13. The average molecular weight is 608 g/mol. The number of carbonyl (C=O) groups is 2. The van der Waals surface area contributed by atoms with Crippen LogP contribution in [0.2, 0.25) is 5.02 Å². The number of nitrogens with zero attached hydrogens (tertiary/aromatic N) is 2. The smallest absolute Gasteiger partial charge is 0.318 e. The van der Waals surface area contributed by atoms with Crippen LogP contribution in [0.15, 0.2) is 53.4 Å². The summed E-state index contributed by atoms with van der Waals surface area (Å²) in [4.78, 5) is 27.8. The molecule has 1 aliphatic rings. The van der Waals surface area contributed by atoms with Crippen molar-refractivity contribution in [1.82, 2.24) is 19.8 Å². The van der Waals surface area contributed by atoms with E-state index in [9.17, 15) is 23.1 Å². The van der Waals surface area contributed by atoms with Crippen molar-refractivity contribution < 1.29 is 23.1 Å². The highest BCUT2D eigenvalue weighted by atomic mass is 35.5. The molecule has 41 heavy (non-hydrogen) atoms. The van der Waals surface area contributed by atoms with E-state index in [2.05, 4.69) is 10.6 Å². The number of nitrogens with two attached hydrogens (primary N) is 1. The molecule has 0 unspecified atom stereocenters. The largest absolute Gasteiger partial charge is 0.397 e. The van der Waals surface area contributed by atoms with Crippen molar-refractivity contribution in [1.29, 1.82) is 0 Å². The van der Waals surface area contributed by atoms with Crippen LogP contribution in [0.3, 0.4) is 0 Å². The molecule has 12 heteroatoms. The van der Waals surface area contributed by atoms with E-state index in [-0.39, 0.29) is 53.0 Å². The first kappa shape index (κ1) is 32.7. The summed E-state index contributed by atoms with van der Waals surface area (Å²) in [6.45, 7) is 8.35. The Morgan fingerprint density at radius 2 is 1.83 bits per heavy atom. The fourth-order valence-corrected chi connectivity index (χ4v) is 6.76. The average Bonchev–Trinajstić information content (AvgIpc) is 2.90. The van der Waals surface area contributed by atoms with Gasteiger partial charge in [0.05, 0.1) is 27.8 Å². The van der Waals surface area contributed by atoms with E-state index in [0.29, 0.717) is 13.1 Å². The lowest BCUT2D eigenvalue weighted by molar-refractivity contribution is -0.128. The lowest BCUT2D eigenvalue weighted by Gasteiger charge is -2.37. The van der Waals surface area contributed by atoms with Crippen LogP contribution in [0.1, 0.15) is 39.7 Å². The Hall–Kier alpha value is -2.86. The molecule has 1 heterocycles. The molecule has 0 saturated carbocycles. The van der Waals surface area contributed by atoms with E-state index >= 15 is 0 Å². The number of nitrogen functional groups attached to an aromatic ring is 1. The molecule has 2 aromatic rings. The lowest BCUT2D eigenvalue weighted by Crippen LogP contribution is -2.60. The van der Waals surface area contributed by atoms with Gasteiger partial charge in [-0.15, -0.1) is 0 Å². The van der Waals surface area contributed by atoms with Crippen molar-refractivity contribution in [2.24, 2.45) is 11.8 Å². The van der Waals surface area contributed by atoms with Gasteiger partial charge in [-0.1, -0.05) is 69.6 Å². The molecule has 0 radical (unpaired) electrons. The van der Waals surface area contributed by atoms with Gasteiger partial charge in [0.25, 0.3) is 0 Å². The van der Waals surface area contributed by atoms with Crippen LogP contribution in [-0.2, 0) is 21.2 Å². The molecule has 2 aromatic carbocycles. The number of halogens is 1.